The summed E-state index contributed by atoms with van der Waals surface area (Å²) in [5, 5.41) is 0.628. The lowest BCUT2D eigenvalue weighted by atomic mass is 10.3. The Morgan fingerprint density at radius 2 is 2.08 bits per heavy atom. The van der Waals surface area contributed by atoms with Crippen molar-refractivity contribution in [2.24, 2.45) is 0 Å². The van der Waals surface area contributed by atoms with Gasteiger partial charge < -0.3 is 10.5 Å². The van der Waals surface area contributed by atoms with E-state index in [-0.39, 0.29) is 0 Å². The van der Waals surface area contributed by atoms with Gasteiger partial charge in [0.25, 0.3) is 0 Å². The quantitative estimate of drug-likeness (QED) is 0.734. The average molecular weight is 195 g/mol. The van der Waals surface area contributed by atoms with E-state index in [0.717, 1.165) is 25.3 Å². The van der Waals surface area contributed by atoms with E-state index in [1.165, 1.54) is 4.90 Å². The van der Waals surface area contributed by atoms with Crippen LogP contribution in [0.3, 0.4) is 0 Å². The number of rotatable bonds is 2. The summed E-state index contributed by atoms with van der Waals surface area (Å²) in [6, 6.07) is 8.02. The Labute approximate surface area is 82.5 Å². The lowest BCUT2D eigenvalue weighted by molar-refractivity contribution is 0.199. The minimum atomic E-state index is 0.628. The van der Waals surface area contributed by atoms with Gasteiger partial charge in [-0.25, -0.2) is 0 Å². The molecule has 1 fully saturated rings. The molecule has 2 N–H and O–H groups in total. The maximum atomic E-state index is 5.60. The molecule has 2 rings (SSSR count). The fourth-order valence-electron chi connectivity index (χ4n) is 1.34. The van der Waals surface area contributed by atoms with Crippen molar-refractivity contribution in [2.75, 3.05) is 18.9 Å². The van der Waals surface area contributed by atoms with Crippen molar-refractivity contribution in [1.82, 2.24) is 0 Å². The SMILES string of the molecule is Nc1ccc(SC2CCOC2)cc1. The van der Waals surface area contributed by atoms with Crippen molar-refractivity contribution in [3.8, 4) is 0 Å². The highest BCUT2D eigenvalue weighted by molar-refractivity contribution is 8.00. The summed E-state index contributed by atoms with van der Waals surface area (Å²) in [5.74, 6) is 0. The van der Waals surface area contributed by atoms with Gasteiger partial charge >= 0.3 is 0 Å². The predicted octanol–water partition coefficient (Wildman–Crippen LogP) is 2.15. The van der Waals surface area contributed by atoms with Gasteiger partial charge in [0.05, 0.1) is 6.61 Å². The molecule has 1 atom stereocenters. The van der Waals surface area contributed by atoms with Crippen LogP contribution in [0.5, 0.6) is 0 Å². The topological polar surface area (TPSA) is 35.2 Å². The minimum absolute atomic E-state index is 0.628. The number of anilines is 1. The van der Waals surface area contributed by atoms with Crippen molar-refractivity contribution in [2.45, 2.75) is 16.6 Å². The molecule has 0 aromatic heterocycles. The number of nitrogens with two attached hydrogens (primary N) is 1. The van der Waals surface area contributed by atoms with Crippen LogP contribution in [0, 0.1) is 0 Å². The number of benzene rings is 1. The standard InChI is InChI=1S/C10H13NOS/c11-8-1-3-9(4-2-8)13-10-5-6-12-7-10/h1-4,10H,5-7,11H2. The number of hydrogen-bond acceptors (Lipinski definition) is 3. The molecule has 1 aromatic carbocycles. The van der Waals surface area contributed by atoms with Crippen LogP contribution in [0.2, 0.25) is 0 Å². The molecule has 0 aliphatic carbocycles. The van der Waals surface area contributed by atoms with E-state index in [2.05, 4.69) is 12.1 Å². The molecule has 1 heterocycles. The number of thioether (sulfide) groups is 1. The molecule has 0 saturated carbocycles. The molecule has 13 heavy (non-hydrogen) atoms. The van der Waals surface area contributed by atoms with E-state index >= 15 is 0 Å². The third-order valence-corrected chi connectivity index (χ3v) is 3.32. The summed E-state index contributed by atoms with van der Waals surface area (Å²) in [7, 11) is 0. The molecule has 0 bridgehead atoms. The zero-order valence-corrected chi connectivity index (χ0v) is 8.22. The van der Waals surface area contributed by atoms with Crippen LogP contribution in [0.25, 0.3) is 0 Å². The number of nitrogen functional groups attached to an aromatic ring is 1. The Morgan fingerprint density at radius 3 is 2.69 bits per heavy atom. The van der Waals surface area contributed by atoms with Gasteiger partial charge in [0.15, 0.2) is 0 Å². The summed E-state index contributed by atoms with van der Waals surface area (Å²) in [6.07, 6.45) is 1.16. The third kappa shape index (κ3) is 2.39. The molecule has 1 unspecified atom stereocenters. The van der Waals surface area contributed by atoms with Gasteiger partial charge in [-0.1, -0.05) is 0 Å². The first kappa shape index (κ1) is 8.91. The van der Waals surface area contributed by atoms with Crippen molar-refractivity contribution < 1.29 is 4.74 Å². The lowest BCUT2D eigenvalue weighted by Gasteiger charge is -2.06. The molecule has 1 aliphatic heterocycles. The molecule has 1 aromatic rings. The molecular weight excluding hydrogens is 182 g/mol. The van der Waals surface area contributed by atoms with Crippen LogP contribution in [0.1, 0.15) is 6.42 Å². The molecule has 1 saturated heterocycles. The molecule has 0 radical (unpaired) electrons. The second-order valence-corrected chi connectivity index (χ2v) is 4.55. The van der Waals surface area contributed by atoms with E-state index in [1.54, 1.807) is 0 Å². The second kappa shape index (κ2) is 4.03. The molecule has 2 nitrogen and oxygen atoms in total. The average Bonchev–Trinajstić information content (AvgIpc) is 2.62. The van der Waals surface area contributed by atoms with Crippen LogP contribution in [0.4, 0.5) is 5.69 Å². The van der Waals surface area contributed by atoms with E-state index < -0.39 is 0 Å². The summed E-state index contributed by atoms with van der Waals surface area (Å²) in [4.78, 5) is 1.28. The van der Waals surface area contributed by atoms with Crippen LogP contribution in [-0.2, 0) is 4.74 Å². The van der Waals surface area contributed by atoms with Crippen LogP contribution < -0.4 is 5.73 Å². The minimum Gasteiger partial charge on any atom is -0.399 e. The number of hydrogen-bond donors (Lipinski definition) is 1. The first-order chi connectivity index (χ1) is 6.34. The Balaban J connectivity index is 1.97. The van der Waals surface area contributed by atoms with E-state index in [0.29, 0.717) is 5.25 Å². The van der Waals surface area contributed by atoms with E-state index in [1.807, 2.05) is 23.9 Å². The van der Waals surface area contributed by atoms with Crippen LogP contribution in [0.15, 0.2) is 29.2 Å². The van der Waals surface area contributed by atoms with Gasteiger partial charge in [0.1, 0.15) is 0 Å². The summed E-state index contributed by atoms with van der Waals surface area (Å²) in [6.45, 7) is 1.79. The second-order valence-electron chi connectivity index (χ2n) is 3.17. The molecule has 1 aliphatic rings. The predicted molar refractivity (Wildman–Crippen MR) is 55.9 cm³/mol. The van der Waals surface area contributed by atoms with Gasteiger partial charge in [-0.05, 0) is 30.7 Å². The van der Waals surface area contributed by atoms with Gasteiger partial charge in [0.2, 0.25) is 0 Å². The zero-order chi connectivity index (χ0) is 9.10. The lowest BCUT2D eigenvalue weighted by Crippen LogP contribution is -1.99. The summed E-state index contributed by atoms with van der Waals surface area (Å²) in [5.41, 5.74) is 6.43. The Bertz CT molecular complexity index is 267. The molecule has 0 spiro atoms. The first-order valence-corrected chi connectivity index (χ1v) is 5.32. The van der Waals surface area contributed by atoms with Crippen molar-refractivity contribution in [3.05, 3.63) is 24.3 Å². The Kier molecular flexibility index (Phi) is 2.76. The van der Waals surface area contributed by atoms with E-state index in [4.69, 9.17) is 10.5 Å². The van der Waals surface area contributed by atoms with Crippen molar-refractivity contribution in [3.63, 3.8) is 0 Å². The van der Waals surface area contributed by atoms with Gasteiger partial charge in [-0.3, -0.25) is 0 Å². The van der Waals surface area contributed by atoms with E-state index in [9.17, 15) is 0 Å². The smallest absolute Gasteiger partial charge is 0.0589 e. The van der Waals surface area contributed by atoms with Crippen molar-refractivity contribution >= 4 is 17.4 Å². The first-order valence-electron chi connectivity index (χ1n) is 4.44. The largest absolute Gasteiger partial charge is 0.399 e. The number of ether oxygens (including phenoxy) is 1. The summed E-state index contributed by atoms with van der Waals surface area (Å²) < 4.78 is 5.31. The van der Waals surface area contributed by atoms with Gasteiger partial charge in [-0.2, -0.15) is 0 Å². The summed E-state index contributed by atoms with van der Waals surface area (Å²) >= 11 is 1.88. The molecular formula is C10H13NOS. The monoisotopic (exact) mass is 195 g/mol. The van der Waals surface area contributed by atoms with Crippen molar-refractivity contribution in [1.29, 1.82) is 0 Å². The molecule has 70 valence electrons. The highest BCUT2D eigenvalue weighted by atomic mass is 32.2. The normalized spacial score (nSPS) is 22.0. The van der Waals surface area contributed by atoms with Gasteiger partial charge in [0, 0.05) is 22.4 Å². The fourth-order valence-corrected chi connectivity index (χ4v) is 2.40. The Hall–Kier alpha value is -0.670. The third-order valence-electron chi connectivity index (χ3n) is 2.07. The zero-order valence-electron chi connectivity index (χ0n) is 7.40. The highest BCUT2D eigenvalue weighted by Crippen LogP contribution is 2.28. The van der Waals surface area contributed by atoms with Gasteiger partial charge in [-0.15, -0.1) is 11.8 Å². The fraction of sp³-hybridized carbons (Fsp3) is 0.400. The molecule has 0 amide bonds. The maximum absolute atomic E-state index is 5.60. The van der Waals surface area contributed by atoms with Crippen LogP contribution >= 0.6 is 11.8 Å². The molecule has 3 heteroatoms. The maximum Gasteiger partial charge on any atom is 0.0589 e. The van der Waals surface area contributed by atoms with Crippen LogP contribution in [-0.4, -0.2) is 18.5 Å². The Morgan fingerprint density at radius 1 is 1.31 bits per heavy atom. The highest BCUT2D eigenvalue weighted by Gasteiger charge is 2.16.